The van der Waals surface area contributed by atoms with Crippen LogP contribution < -0.4 is 5.73 Å². The summed E-state index contributed by atoms with van der Waals surface area (Å²) < 4.78 is 40.9. The summed E-state index contributed by atoms with van der Waals surface area (Å²) in [5.41, 5.74) is 6.76. The third-order valence-corrected chi connectivity index (χ3v) is 4.21. The highest BCUT2D eigenvalue weighted by molar-refractivity contribution is 9.10. The lowest BCUT2D eigenvalue weighted by atomic mass is 9.99. The zero-order chi connectivity index (χ0) is 14.9. The summed E-state index contributed by atoms with van der Waals surface area (Å²) >= 11 is 6.23. The zero-order valence-electron chi connectivity index (χ0n) is 10.1. The van der Waals surface area contributed by atoms with Gasteiger partial charge in [-0.25, -0.2) is 13.2 Å². The normalized spacial score (nSPS) is 12.5. The van der Waals surface area contributed by atoms with Gasteiger partial charge < -0.3 is 5.73 Å². The van der Waals surface area contributed by atoms with Crippen LogP contribution in [0.1, 0.15) is 17.2 Å². The molecule has 0 saturated carbocycles. The van der Waals surface area contributed by atoms with Crippen molar-refractivity contribution in [3.63, 3.8) is 0 Å². The Hall–Kier alpha value is -0.850. The van der Waals surface area contributed by atoms with Gasteiger partial charge in [-0.05, 0) is 57.7 Å². The predicted molar refractivity (Wildman–Crippen MR) is 78.8 cm³/mol. The quantitative estimate of drug-likeness (QED) is 0.720. The van der Waals surface area contributed by atoms with Crippen LogP contribution in [0.25, 0.3) is 0 Å². The molecule has 1 nitrogen and oxygen atoms in total. The molecule has 106 valence electrons. The molecule has 2 N–H and O–H groups in total. The Kier molecular flexibility index (Phi) is 4.88. The average Bonchev–Trinajstić information content (AvgIpc) is 2.40. The van der Waals surface area contributed by atoms with Gasteiger partial charge in [0.05, 0.1) is 4.47 Å². The van der Waals surface area contributed by atoms with E-state index in [0.29, 0.717) is 11.1 Å². The fraction of sp³-hybridized carbons (Fsp3) is 0.143. The number of nitrogens with two attached hydrogens (primary N) is 1. The highest BCUT2D eigenvalue weighted by Crippen LogP contribution is 2.29. The van der Waals surface area contributed by atoms with Crippen LogP contribution >= 0.6 is 31.9 Å². The lowest BCUT2D eigenvalue weighted by Gasteiger charge is -2.15. The van der Waals surface area contributed by atoms with Crippen molar-refractivity contribution in [2.45, 2.75) is 12.5 Å². The first-order chi connectivity index (χ1) is 9.40. The van der Waals surface area contributed by atoms with E-state index in [1.54, 1.807) is 12.1 Å². The molecule has 0 saturated heterocycles. The summed E-state index contributed by atoms with van der Waals surface area (Å²) in [6, 6.07) is 6.27. The first kappa shape index (κ1) is 15.5. The van der Waals surface area contributed by atoms with Crippen LogP contribution in [0.15, 0.2) is 39.3 Å². The molecular formula is C14H10Br2F3N. The first-order valence-corrected chi connectivity index (χ1v) is 7.31. The van der Waals surface area contributed by atoms with Crippen molar-refractivity contribution in [3.05, 3.63) is 67.9 Å². The van der Waals surface area contributed by atoms with Gasteiger partial charge in [-0.2, -0.15) is 0 Å². The van der Waals surface area contributed by atoms with Gasteiger partial charge >= 0.3 is 0 Å². The van der Waals surface area contributed by atoms with E-state index in [-0.39, 0.29) is 16.7 Å². The van der Waals surface area contributed by atoms with Gasteiger partial charge in [0.25, 0.3) is 0 Å². The number of halogens is 5. The van der Waals surface area contributed by atoms with Gasteiger partial charge in [-0.1, -0.05) is 22.0 Å². The Morgan fingerprint density at radius 2 is 1.65 bits per heavy atom. The number of hydrogen-bond donors (Lipinski definition) is 1. The maximum atomic E-state index is 13.7. The number of rotatable bonds is 3. The monoisotopic (exact) mass is 407 g/mol. The summed E-state index contributed by atoms with van der Waals surface area (Å²) in [4.78, 5) is 0. The molecule has 0 bridgehead atoms. The molecule has 0 spiro atoms. The number of hydrogen-bond acceptors (Lipinski definition) is 1. The fourth-order valence-electron chi connectivity index (χ4n) is 1.87. The molecule has 1 atom stereocenters. The molecule has 0 amide bonds. The molecule has 1 unspecified atom stereocenters. The van der Waals surface area contributed by atoms with Gasteiger partial charge in [0.2, 0.25) is 0 Å². The van der Waals surface area contributed by atoms with Crippen molar-refractivity contribution in [1.82, 2.24) is 0 Å². The summed E-state index contributed by atoms with van der Waals surface area (Å²) in [6.45, 7) is 0. The second kappa shape index (κ2) is 6.28. The van der Waals surface area contributed by atoms with Crippen LogP contribution in [0, 0.1) is 17.5 Å². The molecule has 0 fully saturated rings. The molecule has 0 aliphatic carbocycles. The molecule has 0 aliphatic rings. The minimum absolute atomic E-state index is 0.0274. The second-order valence-electron chi connectivity index (χ2n) is 4.31. The highest BCUT2D eigenvalue weighted by atomic mass is 79.9. The Morgan fingerprint density at radius 1 is 1.00 bits per heavy atom. The smallest absolute Gasteiger partial charge is 0.173 e. The Morgan fingerprint density at radius 3 is 2.35 bits per heavy atom. The van der Waals surface area contributed by atoms with Crippen molar-refractivity contribution < 1.29 is 13.2 Å². The van der Waals surface area contributed by atoms with Crippen LogP contribution in [-0.4, -0.2) is 0 Å². The lowest BCUT2D eigenvalue weighted by Crippen LogP contribution is -2.15. The molecule has 6 heteroatoms. The Labute approximate surface area is 131 Å². The first-order valence-electron chi connectivity index (χ1n) is 5.73. The molecule has 2 rings (SSSR count). The molecule has 0 aliphatic heterocycles. The van der Waals surface area contributed by atoms with Crippen LogP contribution in [0.4, 0.5) is 13.2 Å². The van der Waals surface area contributed by atoms with Crippen LogP contribution in [-0.2, 0) is 6.42 Å². The third-order valence-electron chi connectivity index (χ3n) is 2.91. The molecule has 0 radical (unpaired) electrons. The standard InChI is InChI=1S/C14H10Br2F3N/c15-8-1-3-10(17)7(5-8)6-12(20)9-2-4-11(18)14(19)13(9)16/h1-5,12H,6,20H2. The van der Waals surface area contributed by atoms with E-state index in [4.69, 9.17) is 5.73 Å². The van der Waals surface area contributed by atoms with Crippen molar-refractivity contribution in [2.75, 3.05) is 0 Å². The summed E-state index contributed by atoms with van der Waals surface area (Å²) in [7, 11) is 0. The van der Waals surface area contributed by atoms with Gasteiger partial charge in [-0.15, -0.1) is 0 Å². The summed E-state index contributed by atoms with van der Waals surface area (Å²) in [6.07, 6.45) is 0.176. The number of benzene rings is 2. The Bertz CT molecular complexity index is 647. The molecular weight excluding hydrogens is 399 g/mol. The van der Waals surface area contributed by atoms with E-state index in [2.05, 4.69) is 31.9 Å². The second-order valence-corrected chi connectivity index (χ2v) is 6.02. The minimum Gasteiger partial charge on any atom is -0.324 e. The fourth-order valence-corrected chi connectivity index (χ4v) is 2.90. The summed E-state index contributed by atoms with van der Waals surface area (Å²) in [5, 5.41) is 0. The van der Waals surface area contributed by atoms with E-state index < -0.39 is 17.7 Å². The van der Waals surface area contributed by atoms with Crippen molar-refractivity contribution in [2.24, 2.45) is 5.73 Å². The Balaban J connectivity index is 2.31. The topological polar surface area (TPSA) is 26.0 Å². The SMILES string of the molecule is NC(Cc1cc(Br)ccc1F)c1ccc(F)c(F)c1Br. The third kappa shape index (κ3) is 3.24. The van der Waals surface area contributed by atoms with Crippen molar-refractivity contribution >= 4 is 31.9 Å². The van der Waals surface area contributed by atoms with Crippen LogP contribution in [0.2, 0.25) is 0 Å². The molecule has 0 heterocycles. The van der Waals surface area contributed by atoms with Gasteiger partial charge in [0, 0.05) is 10.5 Å². The van der Waals surface area contributed by atoms with E-state index >= 15 is 0 Å². The lowest BCUT2D eigenvalue weighted by molar-refractivity contribution is 0.499. The van der Waals surface area contributed by atoms with Crippen molar-refractivity contribution in [3.8, 4) is 0 Å². The largest absolute Gasteiger partial charge is 0.324 e. The maximum Gasteiger partial charge on any atom is 0.173 e. The van der Waals surface area contributed by atoms with Crippen LogP contribution in [0.5, 0.6) is 0 Å². The maximum absolute atomic E-state index is 13.7. The van der Waals surface area contributed by atoms with Crippen LogP contribution in [0.3, 0.4) is 0 Å². The van der Waals surface area contributed by atoms with E-state index in [0.717, 1.165) is 10.5 Å². The molecule has 0 aromatic heterocycles. The highest BCUT2D eigenvalue weighted by Gasteiger charge is 2.18. The molecule has 2 aromatic rings. The van der Waals surface area contributed by atoms with Gasteiger partial charge in [0.15, 0.2) is 11.6 Å². The van der Waals surface area contributed by atoms with E-state index in [9.17, 15) is 13.2 Å². The van der Waals surface area contributed by atoms with E-state index in [1.165, 1.54) is 12.1 Å². The minimum atomic E-state index is -0.993. The van der Waals surface area contributed by atoms with Crippen molar-refractivity contribution in [1.29, 1.82) is 0 Å². The average molecular weight is 409 g/mol. The molecule has 2 aromatic carbocycles. The van der Waals surface area contributed by atoms with Gasteiger partial charge in [0.1, 0.15) is 5.82 Å². The van der Waals surface area contributed by atoms with E-state index in [1.807, 2.05) is 0 Å². The molecule has 20 heavy (non-hydrogen) atoms. The zero-order valence-corrected chi connectivity index (χ0v) is 13.3. The summed E-state index contributed by atoms with van der Waals surface area (Å²) in [5.74, 6) is -2.34. The predicted octanol–water partition coefficient (Wildman–Crippen LogP) is 4.87. The van der Waals surface area contributed by atoms with Gasteiger partial charge in [-0.3, -0.25) is 0 Å².